The maximum absolute atomic E-state index is 12.6. The fourth-order valence-corrected chi connectivity index (χ4v) is 6.59. The van der Waals surface area contributed by atoms with Gasteiger partial charge in [-0.2, -0.15) is 0 Å². The Hall–Kier alpha value is -2.63. The average molecular weight is 567 g/mol. The van der Waals surface area contributed by atoms with Crippen LogP contribution in [0.25, 0.3) is 0 Å². The molecule has 8 nitrogen and oxygen atoms in total. The van der Waals surface area contributed by atoms with Crippen LogP contribution in [0.2, 0.25) is 0 Å². The van der Waals surface area contributed by atoms with Gasteiger partial charge >= 0.3 is 0 Å². The van der Waals surface area contributed by atoms with Gasteiger partial charge in [-0.25, -0.2) is 13.1 Å². The van der Waals surface area contributed by atoms with Crippen LogP contribution in [0, 0.1) is 5.92 Å². The minimum Gasteiger partial charge on any atom is -0.395 e. The number of hydrogen-bond acceptors (Lipinski definition) is 7. The molecule has 0 bridgehead atoms. The van der Waals surface area contributed by atoms with Gasteiger partial charge < -0.3 is 19.7 Å². The van der Waals surface area contributed by atoms with Gasteiger partial charge in [0.2, 0.25) is 10.0 Å². The lowest BCUT2D eigenvalue weighted by Crippen LogP contribution is -2.46. The molecule has 214 valence electrons. The van der Waals surface area contributed by atoms with Gasteiger partial charge in [-0.05, 0) is 48.2 Å². The van der Waals surface area contributed by atoms with Crippen LogP contribution in [0.5, 0.6) is 0 Å². The zero-order valence-corrected chi connectivity index (χ0v) is 23.5. The molecule has 0 amide bonds. The molecule has 2 aliphatic heterocycles. The van der Waals surface area contributed by atoms with E-state index in [1.165, 1.54) is 0 Å². The van der Waals surface area contributed by atoms with Crippen LogP contribution in [0.3, 0.4) is 0 Å². The summed E-state index contributed by atoms with van der Waals surface area (Å²) in [6.07, 6.45) is 1.11. The third-order valence-corrected chi connectivity index (χ3v) is 9.44. The third-order valence-electron chi connectivity index (χ3n) is 8.02. The van der Waals surface area contributed by atoms with Gasteiger partial charge in [-0.1, -0.05) is 73.7 Å². The van der Waals surface area contributed by atoms with Crippen LogP contribution in [0.1, 0.15) is 54.4 Å². The van der Waals surface area contributed by atoms with E-state index >= 15 is 0 Å². The second-order valence-corrected chi connectivity index (χ2v) is 12.4. The molecule has 2 heterocycles. The van der Waals surface area contributed by atoms with E-state index in [4.69, 9.17) is 9.47 Å². The minimum atomic E-state index is -3.60. The summed E-state index contributed by atoms with van der Waals surface area (Å²) in [6.45, 7) is 4.08. The van der Waals surface area contributed by atoms with E-state index < -0.39 is 16.3 Å². The molecular weight excluding hydrogens is 528 g/mol. The Bertz CT molecular complexity index is 1330. The van der Waals surface area contributed by atoms with E-state index in [-0.39, 0.29) is 48.8 Å². The molecule has 0 radical (unpaired) electrons. The van der Waals surface area contributed by atoms with Gasteiger partial charge in [0, 0.05) is 30.6 Å². The van der Waals surface area contributed by atoms with E-state index in [1.807, 2.05) is 48.5 Å². The van der Waals surface area contributed by atoms with Crippen LogP contribution >= 0.6 is 0 Å². The highest BCUT2D eigenvalue weighted by atomic mass is 32.2. The first-order valence-corrected chi connectivity index (χ1v) is 15.4. The van der Waals surface area contributed by atoms with E-state index in [2.05, 4.69) is 16.5 Å². The van der Waals surface area contributed by atoms with Crippen molar-refractivity contribution in [2.45, 2.75) is 62.4 Å². The zero-order chi connectivity index (χ0) is 28.1. The lowest BCUT2D eigenvalue weighted by molar-refractivity contribution is -0.276. The number of hydrogen-bond donors (Lipinski definition) is 3. The molecule has 3 N–H and O–H groups in total. The molecule has 0 saturated carbocycles. The van der Waals surface area contributed by atoms with Crippen LogP contribution < -0.4 is 4.72 Å². The number of nitrogens with one attached hydrogen (secondary N) is 1. The highest BCUT2D eigenvalue weighted by Gasteiger charge is 2.40. The summed E-state index contributed by atoms with van der Waals surface area (Å²) in [5.41, 5.74) is 3.54. The number of aliphatic hydroxyl groups excluding tert-OH is 2. The van der Waals surface area contributed by atoms with E-state index in [9.17, 15) is 18.6 Å². The van der Waals surface area contributed by atoms with Gasteiger partial charge in [0.1, 0.15) is 0 Å². The summed E-state index contributed by atoms with van der Waals surface area (Å²) in [7, 11) is -3.60. The Kier molecular flexibility index (Phi) is 9.32. The van der Waals surface area contributed by atoms with E-state index in [0.29, 0.717) is 6.54 Å². The van der Waals surface area contributed by atoms with Crippen molar-refractivity contribution in [1.82, 2.24) is 9.62 Å². The number of benzene rings is 3. The van der Waals surface area contributed by atoms with Crippen LogP contribution in [0.15, 0.2) is 83.8 Å². The first-order chi connectivity index (χ1) is 19.4. The second kappa shape index (κ2) is 12.9. The second-order valence-electron chi connectivity index (χ2n) is 10.7. The van der Waals surface area contributed by atoms with Crippen molar-refractivity contribution >= 4 is 10.0 Å². The first-order valence-electron chi connectivity index (χ1n) is 13.9. The maximum Gasteiger partial charge on any atom is 0.240 e. The summed E-state index contributed by atoms with van der Waals surface area (Å²) in [4.78, 5) is 2.55. The van der Waals surface area contributed by atoms with E-state index in [1.54, 1.807) is 30.3 Å². The quantitative estimate of drug-likeness (QED) is 0.342. The van der Waals surface area contributed by atoms with Crippen molar-refractivity contribution < 1.29 is 28.1 Å². The van der Waals surface area contributed by atoms with Crippen molar-refractivity contribution in [1.29, 1.82) is 0 Å². The fourth-order valence-electron chi connectivity index (χ4n) is 5.56. The molecule has 5 unspecified atom stereocenters. The molecule has 0 spiro atoms. The largest absolute Gasteiger partial charge is 0.395 e. The molecule has 0 aliphatic carbocycles. The smallest absolute Gasteiger partial charge is 0.240 e. The predicted octanol–water partition coefficient (Wildman–Crippen LogP) is 3.91. The molecule has 5 rings (SSSR count). The molecule has 5 atom stereocenters. The van der Waals surface area contributed by atoms with Crippen molar-refractivity contribution in [3.63, 3.8) is 0 Å². The predicted molar refractivity (Wildman–Crippen MR) is 152 cm³/mol. The molecule has 0 aromatic heterocycles. The molecule has 2 aliphatic rings. The molecular formula is C31H38N2O6S. The number of nitrogens with zero attached hydrogens (tertiary/aromatic N) is 1. The zero-order valence-electron chi connectivity index (χ0n) is 22.7. The van der Waals surface area contributed by atoms with Crippen LogP contribution in [-0.4, -0.2) is 55.4 Å². The molecule has 2 fully saturated rings. The topological polar surface area (TPSA) is 108 Å². The Balaban J connectivity index is 1.33. The molecule has 3 aromatic carbocycles. The highest BCUT2D eigenvalue weighted by molar-refractivity contribution is 7.89. The van der Waals surface area contributed by atoms with Gasteiger partial charge in [0.05, 0.1) is 30.3 Å². The number of sulfonamides is 1. The Morgan fingerprint density at radius 2 is 1.57 bits per heavy atom. The summed E-state index contributed by atoms with van der Waals surface area (Å²) in [5.74, 6) is 0.0582. The molecule has 40 heavy (non-hydrogen) atoms. The van der Waals surface area contributed by atoms with Gasteiger partial charge in [-0.15, -0.1) is 0 Å². The van der Waals surface area contributed by atoms with Crippen molar-refractivity contribution in [2.24, 2.45) is 5.92 Å². The standard InChI is InChI=1S/C31H38N2O6S/c1-22-29(19-33-17-5-6-27(33)21-35)38-31(39-30(22)25-13-11-24(20-34)12-14-25)26-15-9-23(10-16-26)18-32-40(36,37)28-7-3-2-4-8-28/h2-4,7-16,22,27,29-32,34-35H,5-6,17-21H2,1H3. The normalized spacial score (nSPS) is 25.7. The third kappa shape index (κ3) is 6.63. The summed E-state index contributed by atoms with van der Waals surface area (Å²) >= 11 is 0. The summed E-state index contributed by atoms with van der Waals surface area (Å²) in [6, 6.07) is 23.9. The van der Waals surface area contributed by atoms with Crippen LogP contribution in [0.4, 0.5) is 0 Å². The van der Waals surface area contributed by atoms with Crippen molar-refractivity contribution in [3.05, 3.63) is 101 Å². The van der Waals surface area contributed by atoms with Crippen LogP contribution in [-0.2, 0) is 32.6 Å². The maximum atomic E-state index is 12.6. The van der Waals surface area contributed by atoms with Crippen molar-refractivity contribution in [2.75, 3.05) is 19.7 Å². The Morgan fingerprint density at radius 3 is 2.25 bits per heavy atom. The number of ether oxygens (including phenoxy) is 2. The highest BCUT2D eigenvalue weighted by Crippen LogP contribution is 2.42. The SMILES string of the molecule is CC1C(CN2CCCC2CO)OC(c2ccc(CNS(=O)(=O)c3ccccc3)cc2)OC1c1ccc(CO)cc1. The molecule has 3 aromatic rings. The first kappa shape index (κ1) is 28.9. The van der Waals surface area contributed by atoms with E-state index in [0.717, 1.165) is 41.6 Å². The fraction of sp³-hybridized carbons (Fsp3) is 0.419. The Morgan fingerprint density at radius 1 is 0.900 bits per heavy atom. The molecule has 9 heteroatoms. The van der Waals surface area contributed by atoms with Gasteiger partial charge in [0.15, 0.2) is 6.29 Å². The Labute approximate surface area is 236 Å². The van der Waals surface area contributed by atoms with Gasteiger partial charge in [0.25, 0.3) is 0 Å². The number of aliphatic hydroxyl groups is 2. The minimum absolute atomic E-state index is 0.0128. The van der Waals surface area contributed by atoms with Crippen molar-refractivity contribution in [3.8, 4) is 0 Å². The summed E-state index contributed by atoms with van der Waals surface area (Å²) in [5, 5.41) is 19.3. The lowest BCUT2D eigenvalue weighted by Gasteiger charge is -2.43. The summed E-state index contributed by atoms with van der Waals surface area (Å²) < 4.78 is 40.9. The number of rotatable bonds is 10. The lowest BCUT2D eigenvalue weighted by atomic mass is 9.90. The van der Waals surface area contributed by atoms with Gasteiger partial charge in [-0.3, -0.25) is 4.90 Å². The average Bonchev–Trinajstić information content (AvgIpc) is 3.45. The monoisotopic (exact) mass is 566 g/mol. The molecule has 2 saturated heterocycles. The number of likely N-dealkylation sites (tertiary alicyclic amines) is 1.